The van der Waals surface area contributed by atoms with Crippen LogP contribution in [0.1, 0.15) is 35.6 Å². The lowest BCUT2D eigenvalue weighted by Gasteiger charge is -2.17. The van der Waals surface area contributed by atoms with Crippen LogP contribution < -0.4 is 5.56 Å². The van der Waals surface area contributed by atoms with Gasteiger partial charge in [-0.2, -0.15) is 4.68 Å². The Morgan fingerprint density at radius 2 is 2.08 bits per heavy atom. The molecule has 12 heteroatoms. The van der Waals surface area contributed by atoms with Crippen molar-refractivity contribution >= 4 is 22.6 Å². The maximum Gasteiger partial charge on any atom is 0.254 e. The number of nitrogens with one attached hydrogen (secondary N) is 1. The smallest absolute Gasteiger partial charge is 0.254 e. The molecule has 2 aromatic carbocycles. The summed E-state index contributed by atoms with van der Waals surface area (Å²) in [4.78, 5) is 26.6. The molecule has 0 spiro atoms. The number of hydrogen-bond acceptors (Lipinski definition) is 8. The van der Waals surface area contributed by atoms with Crippen LogP contribution in [0.2, 0.25) is 5.02 Å². The van der Waals surface area contributed by atoms with Crippen molar-refractivity contribution in [1.82, 2.24) is 44.9 Å². The van der Waals surface area contributed by atoms with Crippen LogP contribution in [-0.4, -0.2) is 44.9 Å². The zero-order valence-electron chi connectivity index (χ0n) is 19.9. The van der Waals surface area contributed by atoms with Gasteiger partial charge in [0.1, 0.15) is 18.0 Å². The van der Waals surface area contributed by atoms with Gasteiger partial charge in [-0.25, -0.2) is 9.97 Å². The maximum absolute atomic E-state index is 13.6. The van der Waals surface area contributed by atoms with Gasteiger partial charge in [-0.3, -0.25) is 9.36 Å². The number of fused-ring (bicyclic) bond motifs is 4. The summed E-state index contributed by atoms with van der Waals surface area (Å²) in [5.74, 6) is 1.99. The zero-order chi connectivity index (χ0) is 25.5. The minimum absolute atomic E-state index is 0.125. The number of aryl methyl sites for hydroxylation is 1. The van der Waals surface area contributed by atoms with Gasteiger partial charge in [-0.15, -0.1) is 5.10 Å². The molecule has 5 heterocycles. The van der Waals surface area contributed by atoms with E-state index in [0.29, 0.717) is 33.4 Å². The van der Waals surface area contributed by atoms with Gasteiger partial charge >= 0.3 is 0 Å². The first-order valence-corrected chi connectivity index (χ1v) is 12.5. The Bertz CT molecular complexity index is 1940. The number of aromatic amines is 1. The third kappa shape index (κ3) is 3.11. The topological polar surface area (TPSA) is 133 Å². The van der Waals surface area contributed by atoms with E-state index in [0.717, 1.165) is 34.6 Å². The van der Waals surface area contributed by atoms with Gasteiger partial charge in [0.2, 0.25) is 0 Å². The summed E-state index contributed by atoms with van der Waals surface area (Å²) in [6.45, 7) is 1.91. The summed E-state index contributed by atoms with van der Waals surface area (Å²) in [6, 6.07) is 12.6. The van der Waals surface area contributed by atoms with Crippen molar-refractivity contribution < 1.29 is 4.52 Å². The van der Waals surface area contributed by atoms with Crippen LogP contribution in [0, 0.1) is 12.8 Å². The Morgan fingerprint density at radius 1 is 1.16 bits per heavy atom. The molecule has 0 radical (unpaired) electrons. The highest BCUT2D eigenvalue weighted by Gasteiger charge is 2.55. The van der Waals surface area contributed by atoms with E-state index < -0.39 is 0 Å². The third-order valence-corrected chi connectivity index (χ3v) is 7.74. The molecule has 3 atom stereocenters. The van der Waals surface area contributed by atoms with Gasteiger partial charge in [0, 0.05) is 33.5 Å². The largest absolute Gasteiger partial charge is 0.356 e. The van der Waals surface area contributed by atoms with E-state index in [1.165, 1.54) is 11.0 Å². The third-order valence-electron chi connectivity index (χ3n) is 7.50. The normalized spacial score (nSPS) is 19.6. The average molecular weight is 524 g/mol. The summed E-state index contributed by atoms with van der Waals surface area (Å²) in [6.07, 6.45) is 4.28. The highest BCUT2D eigenvalue weighted by molar-refractivity contribution is 6.31. The van der Waals surface area contributed by atoms with Crippen LogP contribution in [0.15, 0.2) is 64.3 Å². The molecule has 1 N–H and O–H groups in total. The average Bonchev–Trinajstić information content (AvgIpc) is 3.35. The van der Waals surface area contributed by atoms with Crippen molar-refractivity contribution in [3.05, 3.63) is 87.6 Å². The van der Waals surface area contributed by atoms with Gasteiger partial charge < -0.3 is 9.51 Å². The van der Waals surface area contributed by atoms with Crippen molar-refractivity contribution in [3.8, 4) is 28.3 Å². The fourth-order valence-electron chi connectivity index (χ4n) is 5.64. The fraction of sp³-hybridized carbons (Fsp3) is 0.192. The maximum atomic E-state index is 13.6. The van der Waals surface area contributed by atoms with E-state index >= 15 is 0 Å². The molecular weight excluding hydrogens is 506 g/mol. The minimum Gasteiger partial charge on any atom is -0.356 e. The summed E-state index contributed by atoms with van der Waals surface area (Å²) in [5, 5.41) is 17.0. The van der Waals surface area contributed by atoms with Gasteiger partial charge in [0.25, 0.3) is 5.56 Å². The number of rotatable bonds is 4. The van der Waals surface area contributed by atoms with Crippen LogP contribution >= 0.6 is 11.6 Å². The van der Waals surface area contributed by atoms with Gasteiger partial charge in [0.05, 0.1) is 35.0 Å². The van der Waals surface area contributed by atoms with E-state index in [9.17, 15) is 4.79 Å². The van der Waals surface area contributed by atoms with E-state index in [4.69, 9.17) is 21.1 Å². The van der Waals surface area contributed by atoms with Crippen LogP contribution in [0.3, 0.4) is 0 Å². The van der Waals surface area contributed by atoms with Gasteiger partial charge in [-0.05, 0) is 60.0 Å². The quantitative estimate of drug-likeness (QED) is 0.365. The lowest BCUT2D eigenvalue weighted by molar-refractivity contribution is 0.450. The Morgan fingerprint density at radius 3 is 2.95 bits per heavy atom. The predicted molar refractivity (Wildman–Crippen MR) is 137 cm³/mol. The number of tetrazole rings is 1. The number of nitrogens with zero attached hydrogens (tertiary/aromatic N) is 8. The summed E-state index contributed by atoms with van der Waals surface area (Å²) >= 11 is 6.32. The summed E-state index contributed by atoms with van der Waals surface area (Å²) in [7, 11) is 0. The molecule has 1 aliphatic heterocycles. The van der Waals surface area contributed by atoms with Gasteiger partial charge in [0.15, 0.2) is 5.58 Å². The SMILES string of the molecule is Cc1noc2cc(-c3ncc(C4C5CC5c5nc(-c6cc(Cl)ccc6-n6cnnn6)cc(=O)n54)[nH]3)ccc12. The van der Waals surface area contributed by atoms with Crippen molar-refractivity contribution in [2.45, 2.75) is 25.3 Å². The molecule has 0 amide bonds. The highest BCUT2D eigenvalue weighted by Crippen LogP contribution is 2.60. The molecule has 11 nitrogen and oxygen atoms in total. The summed E-state index contributed by atoms with van der Waals surface area (Å²) < 4.78 is 8.75. The molecule has 1 saturated carbocycles. The molecule has 2 aliphatic rings. The molecule has 1 aliphatic carbocycles. The molecule has 4 aromatic heterocycles. The van der Waals surface area contributed by atoms with Crippen molar-refractivity contribution in [3.63, 3.8) is 0 Å². The minimum atomic E-state index is -0.153. The molecule has 6 aromatic rings. The number of H-pyrrole nitrogens is 1. The van der Waals surface area contributed by atoms with Crippen LogP contribution in [0.5, 0.6) is 0 Å². The number of aromatic nitrogens is 9. The fourth-order valence-corrected chi connectivity index (χ4v) is 5.81. The molecule has 186 valence electrons. The molecule has 0 bridgehead atoms. The van der Waals surface area contributed by atoms with Crippen LogP contribution in [-0.2, 0) is 0 Å². The molecule has 8 rings (SSSR count). The van der Waals surface area contributed by atoms with Crippen molar-refractivity contribution in [2.24, 2.45) is 5.92 Å². The molecular formula is C26H18ClN9O2. The molecule has 1 fully saturated rings. The molecule has 3 unspecified atom stereocenters. The number of imidazole rings is 1. The second kappa shape index (κ2) is 7.68. The van der Waals surface area contributed by atoms with E-state index in [1.54, 1.807) is 22.8 Å². The Labute approximate surface area is 219 Å². The summed E-state index contributed by atoms with van der Waals surface area (Å²) in [5.41, 5.74) is 5.13. The molecule has 0 saturated heterocycles. The second-order valence-corrected chi connectivity index (χ2v) is 10.2. The van der Waals surface area contributed by atoms with Crippen molar-refractivity contribution in [1.29, 1.82) is 0 Å². The Hall–Kier alpha value is -4.64. The molecule has 38 heavy (non-hydrogen) atoms. The van der Waals surface area contributed by atoms with Crippen LogP contribution in [0.25, 0.3) is 39.3 Å². The van der Waals surface area contributed by atoms with Gasteiger partial charge in [-0.1, -0.05) is 22.8 Å². The number of halogens is 1. The first-order chi connectivity index (χ1) is 18.5. The first-order valence-electron chi connectivity index (χ1n) is 12.1. The monoisotopic (exact) mass is 523 g/mol. The standard InChI is InChI=1S/C26H18ClN9O2/c1-12-15-4-2-13(6-22(15)38-32-12)25-28-10-20(30-25)24-16-8-17(16)26-31-19(9-23(37)36(24)26)18-7-14(27)3-5-21(18)35-11-29-33-34-35/h2-7,9-11,16-17,24H,8H2,1H3,(H,28,30). The van der Waals surface area contributed by atoms with E-state index in [2.05, 4.69) is 30.7 Å². The van der Waals surface area contributed by atoms with Crippen LogP contribution in [0.4, 0.5) is 0 Å². The zero-order valence-corrected chi connectivity index (χ0v) is 20.7. The van der Waals surface area contributed by atoms with Crippen molar-refractivity contribution in [2.75, 3.05) is 0 Å². The lowest BCUT2D eigenvalue weighted by Crippen LogP contribution is -2.27. The second-order valence-electron chi connectivity index (χ2n) is 9.74. The predicted octanol–water partition coefficient (Wildman–Crippen LogP) is 4.09. The Balaban J connectivity index is 1.20. The van der Waals surface area contributed by atoms with E-state index in [-0.39, 0.29) is 23.4 Å². The Kier molecular flexibility index (Phi) is 4.34. The van der Waals surface area contributed by atoms with E-state index in [1.807, 2.05) is 37.4 Å². The first kappa shape index (κ1) is 21.4. The lowest BCUT2D eigenvalue weighted by atomic mass is 10.1. The number of benzene rings is 2. The highest BCUT2D eigenvalue weighted by atomic mass is 35.5. The number of hydrogen-bond donors (Lipinski definition) is 1.